The first-order chi connectivity index (χ1) is 17.5. The van der Waals surface area contributed by atoms with Crippen molar-refractivity contribution in [2.45, 2.75) is 84.2 Å². The standard InChI is InChI=1S/C30H43N3O2S/c1-4-5-6-7-8-9-14-28(34)33-19-18-31(21-24(33)3)29(35)22-32-17-15-27-26(16-20-36-27)30(32)25-13-11-10-12-23(25)2/h10-13,16,20,24,30H,4-9,14-15,17-19,21-22H2,1-3H3. The van der Waals surface area contributed by atoms with Crippen molar-refractivity contribution in [1.29, 1.82) is 0 Å². The number of carbonyl (C=O) groups excluding carboxylic acids is 2. The van der Waals surface area contributed by atoms with Crippen LogP contribution in [-0.2, 0) is 16.0 Å². The van der Waals surface area contributed by atoms with E-state index in [1.807, 2.05) is 21.1 Å². The predicted molar refractivity (Wildman–Crippen MR) is 148 cm³/mol. The largest absolute Gasteiger partial charge is 0.338 e. The number of fused-ring (bicyclic) bond motifs is 1. The summed E-state index contributed by atoms with van der Waals surface area (Å²) in [4.78, 5) is 34.1. The summed E-state index contributed by atoms with van der Waals surface area (Å²) in [5, 5.41) is 2.18. The number of amides is 2. The Morgan fingerprint density at radius 2 is 1.72 bits per heavy atom. The third kappa shape index (κ3) is 6.38. The van der Waals surface area contributed by atoms with E-state index in [1.54, 1.807) is 0 Å². The Morgan fingerprint density at radius 1 is 0.944 bits per heavy atom. The molecular weight excluding hydrogens is 466 g/mol. The van der Waals surface area contributed by atoms with E-state index in [9.17, 15) is 9.59 Å². The smallest absolute Gasteiger partial charge is 0.236 e. The lowest BCUT2D eigenvalue weighted by Crippen LogP contribution is -2.57. The van der Waals surface area contributed by atoms with E-state index in [4.69, 9.17) is 0 Å². The summed E-state index contributed by atoms with van der Waals surface area (Å²) in [7, 11) is 0. The highest BCUT2D eigenvalue weighted by Crippen LogP contribution is 2.38. The molecule has 36 heavy (non-hydrogen) atoms. The number of thiophene rings is 1. The summed E-state index contributed by atoms with van der Waals surface area (Å²) in [6, 6.07) is 11.0. The molecule has 0 saturated carbocycles. The normalized spacial score (nSPS) is 20.4. The van der Waals surface area contributed by atoms with Gasteiger partial charge in [-0.05, 0) is 54.8 Å². The summed E-state index contributed by atoms with van der Waals surface area (Å²) in [5.74, 6) is 0.438. The van der Waals surface area contributed by atoms with Crippen LogP contribution >= 0.6 is 11.3 Å². The summed E-state index contributed by atoms with van der Waals surface area (Å²) < 4.78 is 0. The van der Waals surface area contributed by atoms with Crippen LogP contribution in [0.5, 0.6) is 0 Å². The van der Waals surface area contributed by atoms with E-state index in [0.29, 0.717) is 32.6 Å². The van der Waals surface area contributed by atoms with Crippen molar-refractivity contribution < 1.29 is 9.59 Å². The maximum absolute atomic E-state index is 13.5. The van der Waals surface area contributed by atoms with Crippen LogP contribution in [0.1, 0.15) is 86.4 Å². The van der Waals surface area contributed by atoms with E-state index in [0.717, 1.165) is 25.8 Å². The summed E-state index contributed by atoms with van der Waals surface area (Å²) in [6.45, 7) is 9.72. The molecule has 196 valence electrons. The van der Waals surface area contributed by atoms with Gasteiger partial charge in [0.05, 0.1) is 12.6 Å². The molecule has 2 aromatic rings. The molecule has 3 heterocycles. The van der Waals surface area contributed by atoms with Crippen molar-refractivity contribution >= 4 is 23.2 Å². The molecule has 1 fully saturated rings. The molecule has 0 aliphatic carbocycles. The monoisotopic (exact) mass is 509 g/mol. The highest BCUT2D eigenvalue weighted by Gasteiger charge is 2.34. The molecule has 1 aromatic carbocycles. The second kappa shape index (κ2) is 12.9. The van der Waals surface area contributed by atoms with Gasteiger partial charge in [-0.2, -0.15) is 0 Å². The average Bonchev–Trinajstić information content (AvgIpc) is 3.35. The van der Waals surface area contributed by atoms with Gasteiger partial charge in [0.25, 0.3) is 0 Å². The van der Waals surface area contributed by atoms with Crippen LogP contribution in [0.3, 0.4) is 0 Å². The predicted octanol–water partition coefficient (Wildman–Crippen LogP) is 5.81. The van der Waals surface area contributed by atoms with Crippen molar-refractivity contribution in [3.8, 4) is 0 Å². The molecule has 4 rings (SSSR count). The van der Waals surface area contributed by atoms with Crippen molar-refractivity contribution in [3.63, 3.8) is 0 Å². The van der Waals surface area contributed by atoms with E-state index in [-0.39, 0.29) is 23.9 Å². The zero-order valence-corrected chi connectivity index (χ0v) is 23.2. The molecule has 0 bridgehead atoms. The van der Waals surface area contributed by atoms with Gasteiger partial charge in [-0.15, -0.1) is 11.3 Å². The quantitative estimate of drug-likeness (QED) is 0.380. The van der Waals surface area contributed by atoms with Crippen LogP contribution in [0.25, 0.3) is 0 Å². The van der Waals surface area contributed by atoms with Gasteiger partial charge >= 0.3 is 0 Å². The number of aryl methyl sites for hydroxylation is 1. The van der Waals surface area contributed by atoms with Crippen molar-refractivity contribution in [2.24, 2.45) is 0 Å². The van der Waals surface area contributed by atoms with E-state index in [2.05, 4.69) is 61.4 Å². The third-order valence-electron chi connectivity index (χ3n) is 7.93. The number of unbranched alkanes of at least 4 members (excludes halogenated alkanes) is 5. The highest BCUT2D eigenvalue weighted by atomic mass is 32.1. The fourth-order valence-corrected chi connectivity index (χ4v) is 6.73. The number of benzene rings is 1. The molecule has 1 aromatic heterocycles. The topological polar surface area (TPSA) is 43.9 Å². The third-order valence-corrected chi connectivity index (χ3v) is 8.93. The summed E-state index contributed by atoms with van der Waals surface area (Å²) in [5.41, 5.74) is 3.92. The highest BCUT2D eigenvalue weighted by molar-refractivity contribution is 7.10. The second-order valence-corrected chi connectivity index (χ2v) is 11.6. The minimum absolute atomic E-state index is 0.0762. The first-order valence-electron chi connectivity index (χ1n) is 13.9. The van der Waals surface area contributed by atoms with E-state index >= 15 is 0 Å². The molecule has 6 heteroatoms. The second-order valence-electron chi connectivity index (χ2n) is 10.6. The lowest BCUT2D eigenvalue weighted by atomic mass is 9.90. The van der Waals surface area contributed by atoms with Crippen LogP contribution in [0.2, 0.25) is 0 Å². The van der Waals surface area contributed by atoms with Gasteiger partial charge in [0.15, 0.2) is 0 Å². The first kappa shape index (κ1) is 26.9. The fourth-order valence-electron chi connectivity index (χ4n) is 5.83. The molecule has 2 atom stereocenters. The van der Waals surface area contributed by atoms with Gasteiger partial charge in [0, 0.05) is 43.5 Å². The molecule has 5 nitrogen and oxygen atoms in total. The molecule has 2 aliphatic heterocycles. The molecule has 0 spiro atoms. The SMILES string of the molecule is CCCCCCCCC(=O)N1CCN(C(=O)CN2CCc3sccc3C2c2ccccc2C)CC1C. The number of piperazine rings is 1. The maximum atomic E-state index is 13.5. The van der Waals surface area contributed by atoms with Crippen molar-refractivity contribution in [2.75, 3.05) is 32.7 Å². The first-order valence-corrected chi connectivity index (χ1v) is 14.8. The molecule has 0 N–H and O–H groups in total. The maximum Gasteiger partial charge on any atom is 0.236 e. The van der Waals surface area contributed by atoms with Crippen molar-refractivity contribution in [3.05, 3.63) is 57.3 Å². The van der Waals surface area contributed by atoms with Gasteiger partial charge < -0.3 is 9.80 Å². The Bertz CT molecular complexity index is 1020. The van der Waals surface area contributed by atoms with Crippen LogP contribution in [-0.4, -0.2) is 65.3 Å². The van der Waals surface area contributed by atoms with Crippen LogP contribution < -0.4 is 0 Å². The molecular formula is C30H43N3O2S. The van der Waals surface area contributed by atoms with Crippen LogP contribution in [0, 0.1) is 6.92 Å². The summed E-state index contributed by atoms with van der Waals surface area (Å²) in [6.07, 6.45) is 8.80. The van der Waals surface area contributed by atoms with Gasteiger partial charge in [-0.1, -0.05) is 63.3 Å². The molecule has 0 radical (unpaired) electrons. The Kier molecular flexibility index (Phi) is 9.60. The number of nitrogens with zero attached hydrogens (tertiary/aromatic N) is 3. The summed E-state index contributed by atoms with van der Waals surface area (Å²) >= 11 is 1.83. The Balaban J connectivity index is 1.33. The van der Waals surface area contributed by atoms with Gasteiger partial charge in [0.1, 0.15) is 0 Å². The van der Waals surface area contributed by atoms with Gasteiger partial charge in [-0.25, -0.2) is 0 Å². The molecule has 1 saturated heterocycles. The van der Waals surface area contributed by atoms with E-state index < -0.39 is 0 Å². The minimum Gasteiger partial charge on any atom is -0.338 e. The zero-order chi connectivity index (χ0) is 25.5. The number of rotatable bonds is 10. The average molecular weight is 510 g/mol. The minimum atomic E-state index is 0.0762. The molecule has 2 amide bonds. The van der Waals surface area contributed by atoms with Gasteiger partial charge in [-0.3, -0.25) is 14.5 Å². The Hall–Kier alpha value is -2.18. The zero-order valence-electron chi connectivity index (χ0n) is 22.4. The molecule has 2 unspecified atom stereocenters. The lowest BCUT2D eigenvalue weighted by Gasteiger charge is -2.42. The number of hydrogen-bond acceptors (Lipinski definition) is 4. The van der Waals surface area contributed by atoms with Crippen molar-refractivity contribution in [1.82, 2.24) is 14.7 Å². The Labute approximate surface area is 221 Å². The van der Waals surface area contributed by atoms with Gasteiger partial charge in [0.2, 0.25) is 11.8 Å². The van der Waals surface area contributed by atoms with Crippen LogP contribution in [0.4, 0.5) is 0 Å². The van der Waals surface area contributed by atoms with Crippen LogP contribution in [0.15, 0.2) is 35.7 Å². The lowest BCUT2D eigenvalue weighted by molar-refractivity contribution is -0.143. The van der Waals surface area contributed by atoms with E-state index in [1.165, 1.54) is 47.3 Å². The number of carbonyl (C=O) groups is 2. The fraction of sp³-hybridized carbons (Fsp3) is 0.600. The Morgan fingerprint density at radius 3 is 2.50 bits per heavy atom. The number of hydrogen-bond donors (Lipinski definition) is 0. The molecule has 2 aliphatic rings.